The van der Waals surface area contributed by atoms with Gasteiger partial charge in [-0.15, -0.1) is 0 Å². The van der Waals surface area contributed by atoms with E-state index in [9.17, 15) is 8.78 Å². The Morgan fingerprint density at radius 3 is 2.50 bits per heavy atom. The molecule has 0 atom stereocenters. The lowest BCUT2D eigenvalue weighted by Crippen LogP contribution is -1.88. The topological polar surface area (TPSA) is 0 Å². The maximum atomic E-state index is 13.0. The highest BCUT2D eigenvalue weighted by atomic mass is 79.9. The van der Waals surface area contributed by atoms with Gasteiger partial charge in [-0.1, -0.05) is 15.9 Å². The van der Waals surface area contributed by atoms with Crippen molar-refractivity contribution in [2.24, 2.45) is 0 Å². The molecular weight excluding hydrogens is 226 g/mol. The molecule has 0 aliphatic heterocycles. The van der Waals surface area contributed by atoms with Crippen molar-refractivity contribution in [1.29, 1.82) is 0 Å². The Morgan fingerprint density at radius 1 is 1.25 bits per heavy atom. The van der Waals surface area contributed by atoms with Gasteiger partial charge in [0.25, 0.3) is 0 Å². The van der Waals surface area contributed by atoms with Crippen LogP contribution in [0.5, 0.6) is 0 Å². The molecule has 0 amide bonds. The maximum absolute atomic E-state index is 13.0. The minimum Gasteiger partial charge on any atom is -0.207 e. The van der Waals surface area contributed by atoms with E-state index in [1.807, 2.05) is 0 Å². The first-order valence-electron chi connectivity index (χ1n) is 3.37. The van der Waals surface area contributed by atoms with Gasteiger partial charge in [0, 0.05) is 5.56 Å². The molecule has 0 bridgehead atoms. The first-order valence-corrected chi connectivity index (χ1v) is 4.29. The average molecular weight is 233 g/mol. The van der Waals surface area contributed by atoms with E-state index < -0.39 is 11.6 Å². The average Bonchev–Trinajstić information content (AvgIpc) is 2.01. The molecule has 0 fully saturated rings. The lowest BCUT2D eigenvalue weighted by atomic mass is 10.1. The molecule has 0 N–H and O–H groups in total. The van der Waals surface area contributed by atoms with Crippen LogP contribution in [-0.2, 0) is 0 Å². The summed E-state index contributed by atoms with van der Waals surface area (Å²) in [5, 5.41) is 0. The molecule has 12 heavy (non-hydrogen) atoms. The lowest BCUT2D eigenvalue weighted by molar-refractivity contribution is 0.590. The second-order valence-electron chi connectivity index (χ2n) is 2.42. The van der Waals surface area contributed by atoms with Crippen LogP contribution in [0.15, 0.2) is 17.1 Å². The van der Waals surface area contributed by atoms with Gasteiger partial charge < -0.3 is 0 Å². The van der Waals surface area contributed by atoms with Crippen LogP contribution in [-0.4, -0.2) is 0 Å². The van der Waals surface area contributed by atoms with Crippen molar-refractivity contribution in [2.75, 3.05) is 0 Å². The monoisotopic (exact) mass is 232 g/mol. The predicted octanol–water partition coefficient (Wildman–Crippen LogP) is 3.64. The van der Waals surface area contributed by atoms with Crippen molar-refractivity contribution < 1.29 is 8.78 Å². The van der Waals surface area contributed by atoms with Crippen molar-refractivity contribution in [2.45, 2.75) is 6.92 Å². The van der Waals surface area contributed by atoms with Crippen LogP contribution in [0.1, 0.15) is 11.1 Å². The fraction of sp³-hybridized carbons (Fsp3) is 0.111. The zero-order valence-electron chi connectivity index (χ0n) is 6.44. The zero-order chi connectivity index (χ0) is 9.14. The summed E-state index contributed by atoms with van der Waals surface area (Å²) in [6.45, 7) is 1.53. The highest BCUT2D eigenvalue weighted by Gasteiger charge is 2.03. The molecule has 0 heterocycles. The number of aryl methyl sites for hydroxylation is 1. The van der Waals surface area contributed by atoms with Gasteiger partial charge in [0.2, 0.25) is 0 Å². The van der Waals surface area contributed by atoms with Gasteiger partial charge in [0.1, 0.15) is 11.6 Å². The van der Waals surface area contributed by atoms with E-state index in [0.717, 1.165) is 0 Å². The Morgan fingerprint density at radius 2 is 1.92 bits per heavy atom. The van der Waals surface area contributed by atoms with Crippen LogP contribution in [0, 0.1) is 18.6 Å². The van der Waals surface area contributed by atoms with E-state index in [4.69, 9.17) is 0 Å². The van der Waals surface area contributed by atoms with E-state index in [0.29, 0.717) is 5.56 Å². The van der Waals surface area contributed by atoms with Crippen molar-refractivity contribution in [1.82, 2.24) is 0 Å². The molecule has 1 aromatic rings. The van der Waals surface area contributed by atoms with Gasteiger partial charge in [-0.05, 0) is 35.7 Å². The van der Waals surface area contributed by atoms with Crippen LogP contribution >= 0.6 is 15.9 Å². The third-order valence-electron chi connectivity index (χ3n) is 1.52. The molecule has 0 spiro atoms. The Hall–Kier alpha value is -0.700. The number of hydrogen-bond donors (Lipinski definition) is 0. The molecule has 1 rings (SSSR count). The first-order chi connectivity index (χ1) is 5.65. The summed E-state index contributed by atoms with van der Waals surface area (Å²) < 4.78 is 25.8. The van der Waals surface area contributed by atoms with Gasteiger partial charge in [-0.3, -0.25) is 0 Å². The van der Waals surface area contributed by atoms with Crippen molar-refractivity contribution in [3.63, 3.8) is 0 Å². The second kappa shape index (κ2) is 3.81. The van der Waals surface area contributed by atoms with Crippen molar-refractivity contribution in [3.8, 4) is 0 Å². The highest BCUT2D eigenvalue weighted by molar-refractivity contribution is 9.11. The van der Waals surface area contributed by atoms with Crippen molar-refractivity contribution >= 4 is 22.0 Å². The zero-order valence-corrected chi connectivity index (χ0v) is 8.03. The largest absolute Gasteiger partial charge is 0.207 e. The maximum Gasteiger partial charge on any atom is 0.130 e. The van der Waals surface area contributed by atoms with Crippen LogP contribution < -0.4 is 0 Å². The minimum atomic E-state index is -0.412. The summed E-state index contributed by atoms with van der Waals surface area (Å²) in [6.07, 6.45) is 1.46. The third kappa shape index (κ3) is 1.91. The number of halogens is 3. The van der Waals surface area contributed by atoms with E-state index in [2.05, 4.69) is 15.9 Å². The van der Waals surface area contributed by atoms with Gasteiger partial charge >= 0.3 is 0 Å². The minimum absolute atomic E-state index is 0.245. The molecule has 3 heteroatoms. The molecule has 0 nitrogen and oxygen atoms in total. The van der Waals surface area contributed by atoms with E-state index in [-0.39, 0.29) is 5.56 Å². The van der Waals surface area contributed by atoms with Crippen LogP contribution in [0.3, 0.4) is 0 Å². The lowest BCUT2D eigenvalue weighted by Gasteiger charge is -1.99. The number of rotatable bonds is 1. The normalized spacial score (nSPS) is 11.0. The number of hydrogen-bond acceptors (Lipinski definition) is 0. The highest BCUT2D eigenvalue weighted by Crippen LogP contribution is 2.15. The summed E-state index contributed by atoms with van der Waals surface area (Å²) in [5.74, 6) is -0.804. The summed E-state index contributed by atoms with van der Waals surface area (Å²) in [6, 6.07) is 2.35. The van der Waals surface area contributed by atoms with Crippen molar-refractivity contribution in [3.05, 3.63) is 39.9 Å². The van der Waals surface area contributed by atoms with E-state index in [1.54, 1.807) is 0 Å². The second-order valence-corrected chi connectivity index (χ2v) is 2.94. The molecule has 0 aromatic heterocycles. The molecule has 0 unspecified atom stereocenters. The fourth-order valence-corrected chi connectivity index (χ4v) is 1.14. The first kappa shape index (κ1) is 9.39. The van der Waals surface area contributed by atoms with Crippen LogP contribution in [0.2, 0.25) is 0 Å². The van der Waals surface area contributed by atoms with E-state index in [1.165, 1.54) is 30.1 Å². The quantitative estimate of drug-likeness (QED) is 0.694. The summed E-state index contributed by atoms with van der Waals surface area (Å²) >= 11 is 2.99. The molecule has 0 saturated heterocycles. The van der Waals surface area contributed by atoms with E-state index >= 15 is 0 Å². The summed E-state index contributed by atoms with van der Waals surface area (Å²) in [5.41, 5.74) is 0.564. The molecule has 0 aliphatic carbocycles. The van der Waals surface area contributed by atoms with Crippen LogP contribution in [0.4, 0.5) is 8.78 Å². The van der Waals surface area contributed by atoms with Crippen LogP contribution in [0.25, 0.3) is 6.08 Å². The third-order valence-corrected chi connectivity index (χ3v) is 1.78. The summed E-state index contributed by atoms with van der Waals surface area (Å²) in [4.78, 5) is 1.49. The van der Waals surface area contributed by atoms with Gasteiger partial charge in [-0.2, -0.15) is 0 Å². The van der Waals surface area contributed by atoms with Gasteiger partial charge in [-0.25, -0.2) is 8.78 Å². The molecule has 0 aliphatic rings. The Kier molecular flexibility index (Phi) is 2.98. The molecular formula is C9H7BrF2. The van der Waals surface area contributed by atoms with Gasteiger partial charge in [0.05, 0.1) is 0 Å². The molecule has 64 valence electrons. The Bertz CT molecular complexity index is 319. The fourth-order valence-electron chi connectivity index (χ4n) is 0.857. The predicted molar refractivity (Wildman–Crippen MR) is 49.1 cm³/mol. The SMILES string of the molecule is Cc1cc(F)c(/C=C/Br)cc1F. The smallest absolute Gasteiger partial charge is 0.130 e. The standard InChI is InChI=1S/C9H7BrF2/c1-6-4-9(12)7(2-3-10)5-8(6)11/h2-5H,1H3/b3-2+. The van der Waals surface area contributed by atoms with Gasteiger partial charge in [0.15, 0.2) is 0 Å². The molecule has 0 saturated carbocycles. The summed E-state index contributed by atoms with van der Waals surface area (Å²) in [7, 11) is 0. The molecule has 0 radical (unpaired) electrons. The number of benzene rings is 1. The Balaban J connectivity index is 3.23. The Labute approximate surface area is 78.0 Å². The molecule has 1 aromatic carbocycles.